The van der Waals surface area contributed by atoms with E-state index in [1.165, 1.54) is 18.2 Å². The van der Waals surface area contributed by atoms with Gasteiger partial charge in [0.05, 0.1) is 17.0 Å². The predicted molar refractivity (Wildman–Crippen MR) is 103 cm³/mol. The largest absolute Gasteiger partial charge is 0.325 e. The van der Waals surface area contributed by atoms with E-state index in [0.717, 1.165) is 6.42 Å². The van der Waals surface area contributed by atoms with Gasteiger partial charge in [-0.25, -0.2) is 13.1 Å². The molecule has 2 aromatic rings. The number of nitrogens with one attached hydrogen (secondary N) is 2. The summed E-state index contributed by atoms with van der Waals surface area (Å²) in [6, 6.07) is 14.4. The van der Waals surface area contributed by atoms with E-state index in [4.69, 9.17) is 5.26 Å². The van der Waals surface area contributed by atoms with Gasteiger partial charge in [0, 0.05) is 24.3 Å². The zero-order valence-electron chi connectivity index (χ0n) is 14.9. The van der Waals surface area contributed by atoms with E-state index in [0.29, 0.717) is 24.3 Å². The number of amides is 2. The molecule has 1 fully saturated rings. The second-order valence-electron chi connectivity index (χ2n) is 6.18. The van der Waals surface area contributed by atoms with E-state index >= 15 is 0 Å². The van der Waals surface area contributed by atoms with E-state index in [1.54, 1.807) is 35.2 Å². The van der Waals surface area contributed by atoms with E-state index in [2.05, 4.69) is 10.0 Å². The van der Waals surface area contributed by atoms with Gasteiger partial charge >= 0.3 is 0 Å². The van der Waals surface area contributed by atoms with Crippen LogP contribution in [0.25, 0.3) is 0 Å². The molecule has 0 atom stereocenters. The first-order chi connectivity index (χ1) is 13.4. The normalized spacial score (nSPS) is 14.0. The third kappa shape index (κ3) is 4.36. The van der Waals surface area contributed by atoms with Crippen molar-refractivity contribution in [3.8, 4) is 6.07 Å². The van der Waals surface area contributed by atoms with E-state index < -0.39 is 22.5 Å². The number of nitrogens with zero attached hydrogens (tertiary/aromatic N) is 2. The van der Waals surface area contributed by atoms with Gasteiger partial charge in [0.25, 0.3) is 0 Å². The quantitative estimate of drug-likeness (QED) is 0.766. The Morgan fingerprint density at radius 2 is 1.96 bits per heavy atom. The first kappa shape index (κ1) is 19.5. The lowest BCUT2D eigenvalue weighted by Gasteiger charge is -2.17. The highest BCUT2D eigenvalue weighted by molar-refractivity contribution is 7.89. The summed E-state index contributed by atoms with van der Waals surface area (Å²) in [5, 5.41) is 11.6. The molecule has 0 spiro atoms. The van der Waals surface area contributed by atoms with Gasteiger partial charge in [-0.3, -0.25) is 9.59 Å². The summed E-state index contributed by atoms with van der Waals surface area (Å²) in [6.45, 7) is 0.142. The number of rotatable bonds is 6. The van der Waals surface area contributed by atoms with Crippen molar-refractivity contribution in [2.45, 2.75) is 17.7 Å². The Morgan fingerprint density at radius 1 is 1.18 bits per heavy atom. The molecule has 0 radical (unpaired) electrons. The van der Waals surface area contributed by atoms with Gasteiger partial charge in [-0.05, 0) is 36.8 Å². The number of anilines is 2. The zero-order valence-corrected chi connectivity index (χ0v) is 15.7. The molecular weight excluding hydrogens is 380 g/mol. The maximum Gasteiger partial charge on any atom is 0.242 e. The molecule has 0 saturated carbocycles. The number of nitriles is 1. The molecule has 8 nitrogen and oxygen atoms in total. The van der Waals surface area contributed by atoms with Crippen LogP contribution in [0.5, 0.6) is 0 Å². The van der Waals surface area contributed by atoms with Crippen LogP contribution < -0.4 is 14.9 Å². The topological polar surface area (TPSA) is 119 Å². The summed E-state index contributed by atoms with van der Waals surface area (Å²) < 4.78 is 26.9. The van der Waals surface area contributed by atoms with Crippen molar-refractivity contribution < 1.29 is 18.0 Å². The van der Waals surface area contributed by atoms with Crippen LogP contribution >= 0.6 is 0 Å². The molecule has 28 heavy (non-hydrogen) atoms. The van der Waals surface area contributed by atoms with Crippen LogP contribution in [0.3, 0.4) is 0 Å². The molecule has 3 rings (SSSR count). The minimum absolute atomic E-state index is 0.00149. The summed E-state index contributed by atoms with van der Waals surface area (Å²) in [7, 11) is -4.01. The first-order valence-electron chi connectivity index (χ1n) is 8.60. The zero-order chi connectivity index (χ0) is 20.1. The molecule has 1 aliphatic rings. The Morgan fingerprint density at radius 3 is 2.68 bits per heavy atom. The van der Waals surface area contributed by atoms with E-state index in [1.807, 2.05) is 6.07 Å². The van der Waals surface area contributed by atoms with E-state index in [9.17, 15) is 18.0 Å². The average molecular weight is 398 g/mol. The molecule has 0 bridgehead atoms. The third-order valence-corrected chi connectivity index (χ3v) is 5.69. The number of benzene rings is 2. The van der Waals surface area contributed by atoms with Gasteiger partial charge in [-0.1, -0.05) is 18.2 Å². The predicted octanol–water partition coefficient (Wildman–Crippen LogP) is 1.60. The van der Waals surface area contributed by atoms with Crippen molar-refractivity contribution >= 4 is 33.2 Å². The van der Waals surface area contributed by atoms with Crippen LogP contribution in [0, 0.1) is 11.3 Å². The molecule has 9 heteroatoms. The minimum atomic E-state index is -4.01. The number of hydrogen-bond acceptors (Lipinski definition) is 5. The molecule has 144 valence electrons. The highest BCUT2D eigenvalue weighted by Crippen LogP contribution is 2.24. The van der Waals surface area contributed by atoms with Crippen LogP contribution in [-0.4, -0.2) is 33.3 Å². The maximum atomic E-state index is 12.3. The Bertz CT molecular complexity index is 1060. The number of hydrogen-bond donors (Lipinski definition) is 2. The van der Waals surface area contributed by atoms with Crippen LogP contribution in [0.1, 0.15) is 18.4 Å². The minimum Gasteiger partial charge on any atom is -0.325 e. The second-order valence-corrected chi connectivity index (χ2v) is 7.92. The highest BCUT2D eigenvalue weighted by Gasteiger charge is 2.22. The molecule has 1 heterocycles. The van der Waals surface area contributed by atoms with Gasteiger partial charge in [0.15, 0.2) is 0 Å². The average Bonchev–Trinajstić information content (AvgIpc) is 3.12. The molecule has 2 aromatic carbocycles. The van der Waals surface area contributed by atoms with Gasteiger partial charge < -0.3 is 10.2 Å². The summed E-state index contributed by atoms with van der Waals surface area (Å²) in [5.41, 5.74) is 1.14. The fourth-order valence-corrected chi connectivity index (χ4v) is 4.05. The monoisotopic (exact) mass is 398 g/mol. The number of sulfonamides is 1. The Hall–Kier alpha value is -3.22. The smallest absolute Gasteiger partial charge is 0.242 e. The first-order valence-corrected chi connectivity index (χ1v) is 10.1. The van der Waals surface area contributed by atoms with Crippen LogP contribution in [0.2, 0.25) is 0 Å². The lowest BCUT2D eigenvalue weighted by atomic mass is 10.2. The Kier molecular flexibility index (Phi) is 5.73. The van der Waals surface area contributed by atoms with Gasteiger partial charge in [-0.2, -0.15) is 5.26 Å². The molecule has 0 aromatic heterocycles. The van der Waals surface area contributed by atoms with Crippen LogP contribution in [0.15, 0.2) is 53.4 Å². The van der Waals surface area contributed by atoms with Crippen molar-refractivity contribution in [3.05, 3.63) is 54.1 Å². The summed E-state index contributed by atoms with van der Waals surface area (Å²) >= 11 is 0. The SMILES string of the molecule is N#Cc1ccccc1S(=O)(=O)NCC(=O)Nc1cccc(N2CCCC2=O)c1. The fraction of sp³-hybridized carbons (Fsp3) is 0.211. The Labute approximate surface area is 162 Å². The van der Waals surface area contributed by atoms with Crippen molar-refractivity contribution in [3.63, 3.8) is 0 Å². The number of carbonyl (C=O) groups excluding carboxylic acids is 2. The third-order valence-electron chi connectivity index (χ3n) is 4.23. The molecule has 0 unspecified atom stereocenters. The van der Waals surface area contributed by atoms with Gasteiger partial charge in [0.2, 0.25) is 21.8 Å². The summed E-state index contributed by atoms with van der Waals surface area (Å²) in [5.74, 6) is -0.532. The standard InChI is InChI=1S/C19H18N4O4S/c20-12-14-5-1-2-8-17(14)28(26,27)21-13-18(24)22-15-6-3-7-16(11-15)23-10-4-9-19(23)25/h1-3,5-8,11,21H,4,9-10,13H2,(H,22,24). The van der Waals surface area contributed by atoms with Crippen LogP contribution in [-0.2, 0) is 19.6 Å². The van der Waals surface area contributed by atoms with E-state index in [-0.39, 0.29) is 16.4 Å². The highest BCUT2D eigenvalue weighted by atomic mass is 32.2. The van der Waals surface area contributed by atoms with Crippen molar-refractivity contribution in [1.82, 2.24) is 4.72 Å². The fourth-order valence-electron chi connectivity index (χ4n) is 2.91. The molecule has 2 N–H and O–H groups in total. The molecule has 0 aliphatic carbocycles. The molecule has 1 aliphatic heterocycles. The van der Waals surface area contributed by atoms with Crippen molar-refractivity contribution in [2.24, 2.45) is 0 Å². The lowest BCUT2D eigenvalue weighted by Crippen LogP contribution is -2.33. The summed E-state index contributed by atoms with van der Waals surface area (Å²) in [6.07, 6.45) is 1.30. The molecule has 1 saturated heterocycles. The summed E-state index contributed by atoms with van der Waals surface area (Å²) in [4.78, 5) is 25.5. The van der Waals surface area contributed by atoms with Crippen molar-refractivity contribution in [2.75, 3.05) is 23.3 Å². The number of carbonyl (C=O) groups is 2. The lowest BCUT2D eigenvalue weighted by molar-refractivity contribution is -0.117. The maximum absolute atomic E-state index is 12.3. The molecular formula is C19H18N4O4S. The Balaban J connectivity index is 1.65. The van der Waals surface area contributed by atoms with Gasteiger partial charge in [-0.15, -0.1) is 0 Å². The second kappa shape index (κ2) is 8.21. The van der Waals surface area contributed by atoms with Crippen LogP contribution in [0.4, 0.5) is 11.4 Å². The van der Waals surface area contributed by atoms with Gasteiger partial charge in [0.1, 0.15) is 6.07 Å². The van der Waals surface area contributed by atoms with Crippen molar-refractivity contribution in [1.29, 1.82) is 5.26 Å². The molecule has 2 amide bonds.